The monoisotopic (exact) mass is 315 g/mol. The first-order valence-corrected chi connectivity index (χ1v) is 5.72. The molecule has 0 aromatic heterocycles. The Hall–Kier alpha value is 0.323. The average molecular weight is 317 g/mol. The zero-order valence-electron chi connectivity index (χ0n) is 12.1. The molecular weight excluding hydrogens is 287 g/mol. The fourth-order valence-electron chi connectivity index (χ4n) is 1.15. The quantitative estimate of drug-likeness (QED) is 0.738. The molecule has 0 aromatic rings. The molecule has 1 radical (unpaired) electrons. The third-order valence-corrected chi connectivity index (χ3v) is 2.08. The Morgan fingerprint density at radius 2 is 1.76 bits per heavy atom. The fourth-order valence-corrected chi connectivity index (χ4v) is 1.15. The molecule has 0 atom stereocenters. The van der Waals surface area contributed by atoms with Gasteiger partial charge in [-0.15, -0.1) is 6.42 Å². The fraction of sp³-hybridized carbons (Fsp3) is 0.600. The number of allylic oxidation sites excluding steroid dienone is 4. The van der Waals surface area contributed by atoms with E-state index in [1.54, 1.807) is 0 Å². The van der Waals surface area contributed by atoms with Crippen LogP contribution in [-0.4, -0.2) is 11.7 Å². The van der Waals surface area contributed by atoms with E-state index in [9.17, 15) is 0 Å². The minimum atomic E-state index is 0. The van der Waals surface area contributed by atoms with Crippen LogP contribution in [0.2, 0.25) is 0 Å². The van der Waals surface area contributed by atoms with E-state index in [-0.39, 0.29) is 41.1 Å². The third kappa shape index (κ3) is 18.9. The van der Waals surface area contributed by atoms with Gasteiger partial charge < -0.3 is 20.0 Å². The van der Waals surface area contributed by atoms with E-state index in [1.807, 2.05) is 0 Å². The molecule has 1 nitrogen and oxygen atoms in total. The number of unbranched alkanes of at least 4 members (excludes halogenated alkanes) is 2. The molecule has 0 spiro atoms. The first-order valence-electron chi connectivity index (χ1n) is 5.72. The van der Waals surface area contributed by atoms with Crippen LogP contribution in [0.3, 0.4) is 0 Å². The first-order chi connectivity index (χ1) is 6.85. The summed E-state index contributed by atoms with van der Waals surface area (Å²) in [5.74, 6) is 0. The molecule has 0 amide bonds. The second-order valence-corrected chi connectivity index (χ2v) is 3.49. The summed E-state index contributed by atoms with van der Waals surface area (Å²) in [6.45, 7) is 4.62. The normalized spacial score (nSPS) is 11.1. The molecule has 1 aliphatic carbocycles. The van der Waals surface area contributed by atoms with E-state index in [2.05, 4.69) is 32.1 Å². The van der Waals surface area contributed by atoms with Gasteiger partial charge in [0.15, 0.2) is 0 Å². The minimum Gasteiger partial charge on any atom is -0.396 e. The maximum atomic E-state index is 8.07. The van der Waals surface area contributed by atoms with Gasteiger partial charge in [0.1, 0.15) is 0 Å². The molecule has 0 heterocycles. The van der Waals surface area contributed by atoms with Gasteiger partial charge in [-0.05, 0) is 6.42 Å². The predicted molar refractivity (Wildman–Crippen MR) is 74.9 cm³/mol. The summed E-state index contributed by atoms with van der Waals surface area (Å²) in [5, 5.41) is 8.07. The smallest absolute Gasteiger partial charge is 0.396 e. The number of hydrogen-bond acceptors (Lipinski definition) is 1. The molecule has 2 heteroatoms. The van der Waals surface area contributed by atoms with Crippen molar-refractivity contribution in [2.45, 2.75) is 52.4 Å². The van der Waals surface area contributed by atoms with Crippen molar-refractivity contribution >= 4 is 0 Å². The number of aliphatic hydroxyl groups is 1. The Morgan fingerprint density at radius 3 is 2.06 bits per heavy atom. The van der Waals surface area contributed by atoms with E-state index >= 15 is 0 Å². The van der Waals surface area contributed by atoms with Crippen LogP contribution in [0, 0.1) is 20.9 Å². The van der Waals surface area contributed by atoms with E-state index in [0.717, 1.165) is 19.3 Å². The Labute approximate surface area is 129 Å². The SMILES string of the molecule is CCCCC1=[C-]CC=C1.CCCCO.[CH3-].[CH3-].[Zr+3]. The molecule has 0 fully saturated rings. The van der Waals surface area contributed by atoms with Gasteiger partial charge in [0, 0.05) is 6.61 Å². The van der Waals surface area contributed by atoms with Gasteiger partial charge in [-0.2, -0.15) is 6.08 Å². The Balaban J connectivity index is -0.0000000948. The topological polar surface area (TPSA) is 20.2 Å². The van der Waals surface area contributed by atoms with Crippen molar-refractivity contribution in [2.75, 3.05) is 6.61 Å². The molecule has 0 saturated heterocycles. The summed E-state index contributed by atoms with van der Waals surface area (Å²) in [5.41, 5.74) is 1.41. The molecule has 1 rings (SSSR count). The molecule has 0 unspecified atom stereocenters. The molecule has 1 N–H and O–H groups in total. The van der Waals surface area contributed by atoms with Crippen molar-refractivity contribution < 1.29 is 31.3 Å². The molecule has 0 saturated carbocycles. The van der Waals surface area contributed by atoms with E-state index < -0.39 is 0 Å². The average Bonchev–Trinajstić information content (AvgIpc) is 2.69. The van der Waals surface area contributed by atoms with Gasteiger partial charge >= 0.3 is 26.2 Å². The van der Waals surface area contributed by atoms with Crippen LogP contribution in [0.4, 0.5) is 0 Å². The van der Waals surface area contributed by atoms with Crippen molar-refractivity contribution in [3.05, 3.63) is 38.7 Å². The summed E-state index contributed by atoms with van der Waals surface area (Å²) in [7, 11) is 0. The zero-order valence-corrected chi connectivity index (χ0v) is 14.5. The van der Waals surface area contributed by atoms with Gasteiger partial charge in [-0.1, -0.05) is 39.5 Å². The maximum Gasteiger partial charge on any atom is 3.00 e. The minimum absolute atomic E-state index is 0. The maximum absolute atomic E-state index is 8.07. The molecule has 0 aliphatic heterocycles. The largest absolute Gasteiger partial charge is 3.00 e. The van der Waals surface area contributed by atoms with Crippen molar-refractivity contribution in [3.63, 3.8) is 0 Å². The summed E-state index contributed by atoms with van der Waals surface area (Å²) in [4.78, 5) is 0. The van der Waals surface area contributed by atoms with Crippen LogP contribution in [0.25, 0.3) is 0 Å². The molecular formula is C15H29OZr. The van der Waals surface area contributed by atoms with E-state index in [1.165, 1.54) is 24.8 Å². The van der Waals surface area contributed by atoms with Crippen LogP contribution in [0.5, 0.6) is 0 Å². The summed E-state index contributed by atoms with van der Waals surface area (Å²) in [6, 6.07) is 0. The van der Waals surface area contributed by atoms with Crippen LogP contribution in [0.1, 0.15) is 52.4 Å². The standard InChI is InChI=1S/C9H13.C4H10O.2CH3.Zr/c1-2-3-6-9-7-4-5-8-9;1-2-3-4-5;;;/h4,7H,2-3,5-6H2,1H3;5H,2-4H2,1H3;2*1H3;/q-1;;2*-1;+3. The van der Waals surface area contributed by atoms with Gasteiger partial charge in [0.2, 0.25) is 0 Å². The molecule has 0 aromatic carbocycles. The second kappa shape index (κ2) is 21.6. The summed E-state index contributed by atoms with van der Waals surface area (Å²) >= 11 is 0. The van der Waals surface area contributed by atoms with Crippen molar-refractivity contribution in [1.29, 1.82) is 0 Å². The number of aliphatic hydroxyl groups excluding tert-OH is 1. The van der Waals surface area contributed by atoms with Crippen LogP contribution in [0.15, 0.2) is 17.7 Å². The zero-order chi connectivity index (χ0) is 10.6. The predicted octanol–water partition coefficient (Wildman–Crippen LogP) is 4.54. The molecule has 1 aliphatic rings. The molecule has 17 heavy (non-hydrogen) atoms. The Morgan fingerprint density at radius 1 is 1.18 bits per heavy atom. The van der Waals surface area contributed by atoms with E-state index in [4.69, 9.17) is 5.11 Å². The Kier molecular flexibility index (Phi) is 33.0. The number of hydrogen-bond donors (Lipinski definition) is 1. The van der Waals surface area contributed by atoms with Gasteiger partial charge in [-0.25, -0.2) is 11.6 Å². The Bertz CT molecular complexity index is 172. The van der Waals surface area contributed by atoms with Crippen molar-refractivity contribution in [1.82, 2.24) is 0 Å². The summed E-state index contributed by atoms with van der Waals surface area (Å²) < 4.78 is 0. The molecule has 99 valence electrons. The van der Waals surface area contributed by atoms with E-state index in [0.29, 0.717) is 6.61 Å². The van der Waals surface area contributed by atoms with Gasteiger partial charge in [0.05, 0.1) is 0 Å². The van der Waals surface area contributed by atoms with Crippen LogP contribution in [-0.2, 0) is 26.2 Å². The van der Waals surface area contributed by atoms with Crippen molar-refractivity contribution in [2.24, 2.45) is 0 Å². The van der Waals surface area contributed by atoms with Crippen LogP contribution < -0.4 is 0 Å². The molecule has 0 bridgehead atoms. The van der Waals surface area contributed by atoms with Gasteiger partial charge in [0.25, 0.3) is 0 Å². The third-order valence-electron chi connectivity index (χ3n) is 2.08. The first kappa shape index (κ1) is 26.0. The summed E-state index contributed by atoms with van der Waals surface area (Å²) in [6.07, 6.45) is 14.6. The van der Waals surface area contributed by atoms with Crippen LogP contribution >= 0.6 is 0 Å². The van der Waals surface area contributed by atoms with Gasteiger partial charge in [-0.3, -0.25) is 6.08 Å². The van der Waals surface area contributed by atoms with Crippen molar-refractivity contribution in [3.8, 4) is 0 Å². The number of rotatable bonds is 5. The second-order valence-electron chi connectivity index (χ2n) is 3.49.